The number of hydrogen-bond acceptors (Lipinski definition) is 4. The first-order valence-electron chi connectivity index (χ1n) is 7.56. The molecule has 0 aromatic rings. The van der Waals surface area contributed by atoms with Gasteiger partial charge in [-0.25, -0.2) is 0 Å². The molecular formula is C14H31N5O. The maximum atomic E-state index is 5.82. The highest BCUT2D eigenvalue weighted by Gasteiger charge is 2.09. The Morgan fingerprint density at radius 1 is 1.25 bits per heavy atom. The number of nitrogens with zero attached hydrogens (tertiary/aromatic N) is 2. The molecule has 0 saturated carbocycles. The van der Waals surface area contributed by atoms with Crippen molar-refractivity contribution in [2.24, 2.45) is 10.7 Å². The van der Waals surface area contributed by atoms with Gasteiger partial charge in [0.2, 0.25) is 0 Å². The first-order chi connectivity index (χ1) is 9.47. The van der Waals surface area contributed by atoms with Crippen molar-refractivity contribution < 1.29 is 4.74 Å². The number of rotatable bonds is 7. The number of guanidine groups is 1. The fourth-order valence-corrected chi connectivity index (χ4v) is 2.00. The predicted molar refractivity (Wildman–Crippen MR) is 84.1 cm³/mol. The molecule has 0 amide bonds. The van der Waals surface area contributed by atoms with Crippen molar-refractivity contribution in [3.63, 3.8) is 0 Å². The molecule has 0 spiro atoms. The van der Waals surface area contributed by atoms with Crippen LogP contribution < -0.4 is 16.4 Å². The summed E-state index contributed by atoms with van der Waals surface area (Å²) in [4.78, 5) is 6.75. The highest BCUT2D eigenvalue weighted by Crippen LogP contribution is 1.98. The highest BCUT2D eigenvalue weighted by molar-refractivity contribution is 5.77. The van der Waals surface area contributed by atoms with Gasteiger partial charge in [-0.05, 0) is 27.2 Å². The van der Waals surface area contributed by atoms with E-state index >= 15 is 0 Å². The molecule has 0 aromatic carbocycles. The summed E-state index contributed by atoms with van der Waals surface area (Å²) in [6.45, 7) is 13.8. The Morgan fingerprint density at radius 2 is 1.95 bits per heavy atom. The van der Waals surface area contributed by atoms with E-state index in [0.29, 0.717) is 5.96 Å². The van der Waals surface area contributed by atoms with Crippen LogP contribution in [0, 0.1) is 0 Å². The Morgan fingerprint density at radius 3 is 2.60 bits per heavy atom. The quantitative estimate of drug-likeness (QED) is 0.349. The van der Waals surface area contributed by atoms with Gasteiger partial charge < -0.3 is 21.1 Å². The van der Waals surface area contributed by atoms with Crippen LogP contribution in [0.2, 0.25) is 0 Å². The Kier molecular flexibility index (Phi) is 7.87. The van der Waals surface area contributed by atoms with Crippen LogP contribution in [0.25, 0.3) is 0 Å². The van der Waals surface area contributed by atoms with E-state index in [4.69, 9.17) is 10.5 Å². The van der Waals surface area contributed by atoms with Crippen LogP contribution in [0.1, 0.15) is 27.2 Å². The molecular weight excluding hydrogens is 254 g/mol. The highest BCUT2D eigenvalue weighted by atomic mass is 16.5. The topological polar surface area (TPSA) is 74.9 Å². The largest absolute Gasteiger partial charge is 0.379 e. The summed E-state index contributed by atoms with van der Waals surface area (Å²) in [5, 5.41) is 6.52. The molecule has 1 heterocycles. The Labute approximate surface area is 123 Å². The predicted octanol–water partition coefficient (Wildman–Crippen LogP) is 0.00110. The molecule has 1 aliphatic rings. The number of aliphatic imine (C=N–C) groups is 1. The van der Waals surface area contributed by atoms with Gasteiger partial charge >= 0.3 is 0 Å². The molecule has 118 valence electrons. The van der Waals surface area contributed by atoms with Gasteiger partial charge in [-0.1, -0.05) is 0 Å². The molecule has 4 N–H and O–H groups in total. The fraction of sp³-hybridized carbons (Fsp3) is 0.929. The lowest BCUT2D eigenvalue weighted by molar-refractivity contribution is 0.0377. The lowest BCUT2D eigenvalue weighted by atomic mass is 10.1. The maximum absolute atomic E-state index is 5.82. The molecule has 1 fully saturated rings. The minimum Gasteiger partial charge on any atom is -0.379 e. The molecule has 0 bridgehead atoms. The van der Waals surface area contributed by atoms with Crippen LogP contribution in [0.5, 0.6) is 0 Å². The molecule has 0 unspecified atom stereocenters. The van der Waals surface area contributed by atoms with E-state index in [2.05, 4.69) is 41.3 Å². The van der Waals surface area contributed by atoms with Crippen molar-refractivity contribution in [2.45, 2.75) is 32.7 Å². The van der Waals surface area contributed by atoms with Gasteiger partial charge in [-0.2, -0.15) is 0 Å². The molecule has 0 radical (unpaired) electrons. The van der Waals surface area contributed by atoms with Crippen molar-refractivity contribution in [1.29, 1.82) is 0 Å². The second-order valence-electron chi connectivity index (χ2n) is 6.18. The summed E-state index contributed by atoms with van der Waals surface area (Å²) in [7, 11) is 0. The molecule has 1 rings (SSSR count). The summed E-state index contributed by atoms with van der Waals surface area (Å²) >= 11 is 0. The van der Waals surface area contributed by atoms with E-state index in [1.807, 2.05) is 0 Å². The summed E-state index contributed by atoms with van der Waals surface area (Å²) < 4.78 is 5.32. The van der Waals surface area contributed by atoms with Crippen molar-refractivity contribution >= 4 is 5.96 Å². The lowest BCUT2D eigenvalue weighted by Gasteiger charge is -2.26. The third kappa shape index (κ3) is 9.12. The minimum atomic E-state index is 0.145. The third-order valence-corrected chi connectivity index (χ3v) is 3.10. The average molecular weight is 285 g/mol. The molecule has 1 saturated heterocycles. The lowest BCUT2D eigenvalue weighted by Crippen LogP contribution is -2.43. The molecule has 0 atom stereocenters. The number of nitrogens with one attached hydrogen (secondary N) is 2. The SMILES string of the molecule is CC(C)(C)NCCNC(N)=NCCCN1CCOCC1. The average Bonchev–Trinajstić information content (AvgIpc) is 2.40. The van der Waals surface area contributed by atoms with Crippen LogP contribution in [-0.2, 0) is 4.74 Å². The zero-order valence-corrected chi connectivity index (χ0v) is 13.2. The Balaban J connectivity index is 2.00. The number of hydrogen-bond donors (Lipinski definition) is 3. The zero-order chi connectivity index (χ0) is 14.8. The first kappa shape index (κ1) is 17.2. The van der Waals surface area contributed by atoms with Crippen molar-refractivity contribution in [1.82, 2.24) is 15.5 Å². The van der Waals surface area contributed by atoms with Crippen LogP contribution in [0.15, 0.2) is 4.99 Å². The van der Waals surface area contributed by atoms with Gasteiger partial charge in [0.05, 0.1) is 13.2 Å². The zero-order valence-electron chi connectivity index (χ0n) is 13.2. The minimum absolute atomic E-state index is 0.145. The number of morpholine rings is 1. The van der Waals surface area contributed by atoms with Crippen LogP contribution in [0.3, 0.4) is 0 Å². The molecule has 6 heteroatoms. The summed E-state index contributed by atoms with van der Waals surface area (Å²) in [5.41, 5.74) is 5.96. The van der Waals surface area contributed by atoms with E-state index < -0.39 is 0 Å². The van der Waals surface area contributed by atoms with Gasteiger partial charge in [-0.15, -0.1) is 0 Å². The molecule has 6 nitrogen and oxygen atoms in total. The number of nitrogens with two attached hydrogens (primary N) is 1. The van der Waals surface area contributed by atoms with E-state index in [0.717, 1.165) is 58.9 Å². The standard InChI is InChI=1S/C14H31N5O/c1-14(2,3)18-7-6-17-13(15)16-5-4-8-19-9-11-20-12-10-19/h18H,4-12H2,1-3H3,(H3,15,16,17). The van der Waals surface area contributed by atoms with E-state index in [9.17, 15) is 0 Å². The van der Waals surface area contributed by atoms with E-state index in [-0.39, 0.29) is 5.54 Å². The first-order valence-corrected chi connectivity index (χ1v) is 7.56. The van der Waals surface area contributed by atoms with Gasteiger partial charge in [0.25, 0.3) is 0 Å². The van der Waals surface area contributed by atoms with Crippen LogP contribution in [-0.4, -0.2) is 68.9 Å². The third-order valence-electron chi connectivity index (χ3n) is 3.10. The second-order valence-corrected chi connectivity index (χ2v) is 6.18. The second kappa shape index (κ2) is 9.15. The summed E-state index contributed by atoms with van der Waals surface area (Å²) in [6.07, 6.45) is 1.04. The summed E-state index contributed by atoms with van der Waals surface area (Å²) in [6, 6.07) is 0. The molecule has 0 aliphatic carbocycles. The molecule has 1 aliphatic heterocycles. The van der Waals surface area contributed by atoms with Crippen LogP contribution >= 0.6 is 0 Å². The normalized spacial score (nSPS) is 18.2. The van der Waals surface area contributed by atoms with E-state index in [1.54, 1.807) is 0 Å². The summed E-state index contributed by atoms with van der Waals surface area (Å²) in [5.74, 6) is 0.544. The van der Waals surface area contributed by atoms with Gasteiger partial charge in [0, 0.05) is 44.8 Å². The van der Waals surface area contributed by atoms with Crippen molar-refractivity contribution in [2.75, 3.05) is 52.5 Å². The Hall–Kier alpha value is -0.850. The van der Waals surface area contributed by atoms with Crippen molar-refractivity contribution in [3.05, 3.63) is 0 Å². The Bertz CT molecular complexity index is 282. The number of ether oxygens (including phenoxy) is 1. The van der Waals surface area contributed by atoms with Gasteiger partial charge in [0.1, 0.15) is 0 Å². The van der Waals surface area contributed by atoms with Gasteiger partial charge in [0.15, 0.2) is 5.96 Å². The van der Waals surface area contributed by atoms with Crippen LogP contribution in [0.4, 0.5) is 0 Å². The fourth-order valence-electron chi connectivity index (χ4n) is 2.00. The van der Waals surface area contributed by atoms with E-state index in [1.165, 1.54) is 0 Å². The molecule has 0 aromatic heterocycles. The molecule has 20 heavy (non-hydrogen) atoms. The monoisotopic (exact) mass is 285 g/mol. The smallest absolute Gasteiger partial charge is 0.188 e. The van der Waals surface area contributed by atoms with Crippen molar-refractivity contribution in [3.8, 4) is 0 Å². The van der Waals surface area contributed by atoms with Gasteiger partial charge in [-0.3, -0.25) is 9.89 Å². The maximum Gasteiger partial charge on any atom is 0.188 e.